The summed E-state index contributed by atoms with van der Waals surface area (Å²) in [4.78, 5) is 22.0. The third-order valence-corrected chi connectivity index (χ3v) is 3.61. The number of nitrogens with zero attached hydrogens (tertiary/aromatic N) is 3. The number of carbonyl (C=O) groups excluding carboxylic acids is 1. The van der Waals surface area contributed by atoms with Crippen LogP contribution in [0, 0.1) is 5.92 Å². The molecule has 4 nitrogen and oxygen atoms in total. The Hall–Kier alpha value is -0.970. The molecule has 0 aromatic carbocycles. The van der Waals surface area contributed by atoms with Crippen molar-refractivity contribution in [1.82, 2.24) is 14.9 Å². The molecule has 0 spiro atoms. The smallest absolute Gasteiger partial charge is 0.256 e. The van der Waals surface area contributed by atoms with Gasteiger partial charge in [0.25, 0.3) is 5.91 Å². The largest absolute Gasteiger partial charge is 0.341 e. The number of hydrogen-bond donors (Lipinski definition) is 0. The van der Waals surface area contributed by atoms with E-state index in [1.165, 1.54) is 6.33 Å². The van der Waals surface area contributed by atoms with E-state index in [4.69, 9.17) is 0 Å². The van der Waals surface area contributed by atoms with Crippen LogP contribution in [0.1, 0.15) is 23.2 Å². The van der Waals surface area contributed by atoms with Crippen molar-refractivity contribution in [3.8, 4) is 0 Å². The third kappa shape index (κ3) is 2.58. The fourth-order valence-electron chi connectivity index (χ4n) is 1.90. The summed E-state index contributed by atoms with van der Waals surface area (Å²) in [6.45, 7) is 0.815. The van der Waals surface area contributed by atoms with Crippen LogP contribution in [0.25, 0.3) is 0 Å². The number of amides is 1. The number of aromatic nitrogens is 2. The van der Waals surface area contributed by atoms with Crippen LogP contribution in [0.4, 0.5) is 0 Å². The van der Waals surface area contributed by atoms with Crippen molar-refractivity contribution < 1.29 is 4.79 Å². The van der Waals surface area contributed by atoms with E-state index >= 15 is 0 Å². The highest BCUT2D eigenvalue weighted by molar-refractivity contribution is 9.09. The summed E-state index contributed by atoms with van der Waals surface area (Å²) in [6, 6.07) is 0. The molecule has 1 aliphatic rings. The van der Waals surface area contributed by atoms with Gasteiger partial charge in [-0.2, -0.15) is 0 Å². The van der Waals surface area contributed by atoms with Gasteiger partial charge in [0.2, 0.25) is 0 Å². The van der Waals surface area contributed by atoms with Crippen LogP contribution in [-0.4, -0.2) is 39.2 Å². The van der Waals surface area contributed by atoms with E-state index in [0.717, 1.165) is 19.4 Å². The molecule has 1 aromatic heterocycles. The first-order chi connectivity index (χ1) is 7.66. The fourth-order valence-corrected chi connectivity index (χ4v) is 2.96. The second kappa shape index (κ2) is 4.91. The number of alkyl halides is 1. The molecule has 2 rings (SSSR count). The molecule has 1 saturated carbocycles. The number of rotatable bonds is 3. The standard InChI is InChI=1S/C11H14BrN3O/c1-15(6-8-2-10(12)3-8)11(16)9-4-13-7-14-5-9/h4-5,7-8,10H,2-3,6H2,1H3. The van der Waals surface area contributed by atoms with Crippen LogP contribution in [0.3, 0.4) is 0 Å². The van der Waals surface area contributed by atoms with Crippen LogP contribution < -0.4 is 0 Å². The van der Waals surface area contributed by atoms with Crippen molar-refractivity contribution >= 4 is 21.8 Å². The van der Waals surface area contributed by atoms with Gasteiger partial charge in [-0.05, 0) is 18.8 Å². The number of hydrogen-bond acceptors (Lipinski definition) is 3. The van der Waals surface area contributed by atoms with Gasteiger partial charge in [-0.15, -0.1) is 0 Å². The molecular weight excluding hydrogens is 270 g/mol. The second-order valence-corrected chi connectivity index (χ2v) is 5.54. The van der Waals surface area contributed by atoms with Crippen molar-refractivity contribution in [3.63, 3.8) is 0 Å². The van der Waals surface area contributed by atoms with Crippen LogP contribution in [-0.2, 0) is 0 Å². The van der Waals surface area contributed by atoms with Gasteiger partial charge in [0.05, 0.1) is 5.56 Å². The van der Waals surface area contributed by atoms with Crippen LogP contribution >= 0.6 is 15.9 Å². The molecule has 0 unspecified atom stereocenters. The maximum Gasteiger partial charge on any atom is 0.256 e. The van der Waals surface area contributed by atoms with Gasteiger partial charge in [-0.25, -0.2) is 9.97 Å². The van der Waals surface area contributed by atoms with Gasteiger partial charge in [-0.3, -0.25) is 4.79 Å². The topological polar surface area (TPSA) is 46.1 Å². The molecule has 1 aliphatic carbocycles. The van der Waals surface area contributed by atoms with Crippen LogP contribution in [0.5, 0.6) is 0 Å². The van der Waals surface area contributed by atoms with Gasteiger partial charge in [0.15, 0.2) is 0 Å². The Morgan fingerprint density at radius 3 is 2.69 bits per heavy atom. The summed E-state index contributed by atoms with van der Waals surface area (Å²) in [6.07, 6.45) is 6.85. The zero-order valence-corrected chi connectivity index (χ0v) is 10.7. The van der Waals surface area contributed by atoms with E-state index in [9.17, 15) is 4.79 Å². The molecule has 1 fully saturated rings. The molecular formula is C11H14BrN3O. The van der Waals surface area contributed by atoms with Crippen molar-refractivity contribution in [2.75, 3.05) is 13.6 Å². The zero-order valence-electron chi connectivity index (χ0n) is 9.14. The van der Waals surface area contributed by atoms with E-state index in [-0.39, 0.29) is 5.91 Å². The van der Waals surface area contributed by atoms with E-state index in [1.54, 1.807) is 17.3 Å². The number of carbonyl (C=O) groups is 1. The minimum Gasteiger partial charge on any atom is -0.341 e. The average Bonchev–Trinajstić information content (AvgIpc) is 2.27. The minimum atomic E-state index is -0.00128. The lowest BCUT2D eigenvalue weighted by atomic mass is 9.85. The molecule has 0 radical (unpaired) electrons. The highest BCUT2D eigenvalue weighted by Gasteiger charge is 2.28. The lowest BCUT2D eigenvalue weighted by Crippen LogP contribution is -2.37. The van der Waals surface area contributed by atoms with Gasteiger partial charge >= 0.3 is 0 Å². The van der Waals surface area contributed by atoms with Crippen LogP contribution in [0.15, 0.2) is 18.7 Å². The summed E-state index contributed by atoms with van der Waals surface area (Å²) >= 11 is 3.55. The maximum atomic E-state index is 11.9. The Kier molecular flexibility index (Phi) is 3.53. The van der Waals surface area contributed by atoms with Gasteiger partial charge in [0, 0.05) is 30.8 Å². The Morgan fingerprint density at radius 2 is 2.12 bits per heavy atom. The van der Waals surface area contributed by atoms with Crippen LogP contribution in [0.2, 0.25) is 0 Å². The molecule has 5 heteroatoms. The molecule has 0 aliphatic heterocycles. The predicted molar refractivity (Wildman–Crippen MR) is 64.4 cm³/mol. The SMILES string of the molecule is CN(CC1CC(Br)C1)C(=O)c1cncnc1. The van der Waals surface area contributed by atoms with Crippen molar-refractivity contribution in [2.24, 2.45) is 5.92 Å². The monoisotopic (exact) mass is 283 g/mol. The lowest BCUT2D eigenvalue weighted by Gasteiger charge is -2.34. The predicted octanol–water partition coefficient (Wildman–Crippen LogP) is 1.72. The Balaban J connectivity index is 1.90. The summed E-state index contributed by atoms with van der Waals surface area (Å²) < 4.78 is 0. The molecule has 1 amide bonds. The first-order valence-electron chi connectivity index (χ1n) is 5.31. The maximum absolute atomic E-state index is 11.9. The van der Waals surface area contributed by atoms with Crippen molar-refractivity contribution in [2.45, 2.75) is 17.7 Å². The normalized spacial score (nSPS) is 23.6. The second-order valence-electron chi connectivity index (χ2n) is 4.25. The number of halogens is 1. The molecule has 16 heavy (non-hydrogen) atoms. The Bertz CT molecular complexity index is 365. The summed E-state index contributed by atoms with van der Waals surface area (Å²) in [5.41, 5.74) is 0.555. The molecule has 0 N–H and O–H groups in total. The lowest BCUT2D eigenvalue weighted by molar-refractivity contribution is 0.0748. The molecule has 0 atom stereocenters. The molecule has 86 valence electrons. The Morgan fingerprint density at radius 1 is 1.50 bits per heavy atom. The minimum absolute atomic E-state index is 0.00128. The highest BCUT2D eigenvalue weighted by Crippen LogP contribution is 2.33. The molecule has 0 saturated heterocycles. The molecule has 0 bridgehead atoms. The van der Waals surface area contributed by atoms with E-state index in [0.29, 0.717) is 16.3 Å². The highest BCUT2D eigenvalue weighted by atomic mass is 79.9. The fraction of sp³-hybridized carbons (Fsp3) is 0.545. The molecule has 1 heterocycles. The van der Waals surface area contributed by atoms with E-state index < -0.39 is 0 Å². The van der Waals surface area contributed by atoms with E-state index in [2.05, 4.69) is 25.9 Å². The summed E-state index contributed by atoms with van der Waals surface area (Å²) in [5, 5.41) is 0. The van der Waals surface area contributed by atoms with Crippen molar-refractivity contribution in [1.29, 1.82) is 0 Å². The first kappa shape index (κ1) is 11.5. The molecule has 1 aromatic rings. The zero-order chi connectivity index (χ0) is 11.5. The Labute approximate surface area is 103 Å². The average molecular weight is 284 g/mol. The van der Waals surface area contributed by atoms with Gasteiger partial charge in [-0.1, -0.05) is 15.9 Å². The van der Waals surface area contributed by atoms with Gasteiger partial charge in [0.1, 0.15) is 6.33 Å². The first-order valence-corrected chi connectivity index (χ1v) is 6.23. The summed E-state index contributed by atoms with van der Waals surface area (Å²) in [7, 11) is 1.83. The summed E-state index contributed by atoms with van der Waals surface area (Å²) in [5.74, 6) is 0.626. The van der Waals surface area contributed by atoms with E-state index in [1.807, 2.05) is 7.05 Å². The van der Waals surface area contributed by atoms with Crippen molar-refractivity contribution in [3.05, 3.63) is 24.3 Å². The third-order valence-electron chi connectivity index (χ3n) is 2.86. The van der Waals surface area contributed by atoms with Gasteiger partial charge < -0.3 is 4.90 Å². The quantitative estimate of drug-likeness (QED) is 0.794.